The number of carbonyl (C=O) groups is 6. The second-order valence-electron chi connectivity index (χ2n) is 8.66. The van der Waals surface area contributed by atoms with Gasteiger partial charge in [0.15, 0.2) is 0 Å². The van der Waals surface area contributed by atoms with Crippen molar-refractivity contribution in [3.8, 4) is 0 Å². The first-order chi connectivity index (χ1) is 16.8. The van der Waals surface area contributed by atoms with E-state index in [9.17, 15) is 33.9 Å². The fourth-order valence-electron chi connectivity index (χ4n) is 3.21. The Balaban J connectivity index is 5.55. The van der Waals surface area contributed by atoms with Crippen molar-refractivity contribution in [1.82, 2.24) is 16.0 Å². The van der Waals surface area contributed by atoms with E-state index in [0.29, 0.717) is 25.8 Å². The molecule has 11 N–H and O–H groups in total. The van der Waals surface area contributed by atoms with Crippen LogP contribution in [0.2, 0.25) is 0 Å². The molecule has 206 valence electrons. The molecule has 0 aliphatic heterocycles. The number of rotatable bonds is 19. The number of primary amides is 1. The predicted octanol–water partition coefficient (Wildman–Crippen LogP) is -1.84. The minimum Gasteiger partial charge on any atom is -0.481 e. The molecule has 0 heterocycles. The lowest BCUT2D eigenvalue weighted by molar-refractivity contribution is -0.143. The zero-order valence-corrected chi connectivity index (χ0v) is 20.8. The van der Waals surface area contributed by atoms with Crippen LogP contribution < -0.4 is 33.2 Å². The van der Waals surface area contributed by atoms with Gasteiger partial charge in [-0.25, -0.2) is 4.79 Å². The van der Waals surface area contributed by atoms with Crippen molar-refractivity contribution in [3.05, 3.63) is 0 Å². The van der Waals surface area contributed by atoms with Crippen LogP contribution in [0.5, 0.6) is 0 Å². The van der Waals surface area contributed by atoms with Crippen LogP contribution >= 0.6 is 0 Å². The summed E-state index contributed by atoms with van der Waals surface area (Å²) in [4.78, 5) is 71.9. The lowest BCUT2D eigenvalue weighted by atomic mass is 9.96. The number of aliphatic carboxylic acids is 2. The van der Waals surface area contributed by atoms with E-state index in [-0.39, 0.29) is 25.7 Å². The zero-order chi connectivity index (χ0) is 27.8. The Morgan fingerprint density at radius 1 is 0.806 bits per heavy atom. The predicted molar refractivity (Wildman–Crippen MR) is 129 cm³/mol. The summed E-state index contributed by atoms with van der Waals surface area (Å²) < 4.78 is 0. The summed E-state index contributed by atoms with van der Waals surface area (Å²) in [6.45, 7) is 3.83. The molecule has 14 heteroatoms. The van der Waals surface area contributed by atoms with Gasteiger partial charge in [-0.3, -0.25) is 24.0 Å². The first kappa shape index (κ1) is 32.7. The molecule has 0 saturated heterocycles. The van der Waals surface area contributed by atoms with Crippen LogP contribution in [0.4, 0.5) is 0 Å². The second kappa shape index (κ2) is 17.2. The van der Waals surface area contributed by atoms with Crippen LogP contribution in [0.1, 0.15) is 65.2 Å². The molecular formula is C22H40N6O8. The molecule has 0 fully saturated rings. The Morgan fingerprint density at radius 2 is 1.42 bits per heavy atom. The van der Waals surface area contributed by atoms with Crippen molar-refractivity contribution < 1.29 is 39.0 Å². The van der Waals surface area contributed by atoms with Gasteiger partial charge in [0, 0.05) is 12.8 Å². The minimum atomic E-state index is -1.34. The first-order valence-electron chi connectivity index (χ1n) is 11.9. The van der Waals surface area contributed by atoms with E-state index < -0.39 is 72.1 Å². The third-order valence-corrected chi connectivity index (χ3v) is 5.67. The van der Waals surface area contributed by atoms with Gasteiger partial charge in [-0.15, -0.1) is 0 Å². The van der Waals surface area contributed by atoms with E-state index in [4.69, 9.17) is 22.3 Å². The number of nitrogens with one attached hydrogen (secondary N) is 3. The van der Waals surface area contributed by atoms with Gasteiger partial charge in [0.25, 0.3) is 0 Å². The Hall–Kier alpha value is -3.26. The van der Waals surface area contributed by atoms with E-state index in [1.165, 1.54) is 0 Å². The monoisotopic (exact) mass is 516 g/mol. The number of carboxylic acid groups (broad SMARTS) is 2. The van der Waals surface area contributed by atoms with Gasteiger partial charge in [0.2, 0.25) is 23.6 Å². The highest BCUT2D eigenvalue weighted by Gasteiger charge is 2.32. The van der Waals surface area contributed by atoms with Gasteiger partial charge in [0.1, 0.15) is 18.1 Å². The lowest BCUT2D eigenvalue weighted by Gasteiger charge is -2.28. The maximum Gasteiger partial charge on any atom is 0.326 e. The average molecular weight is 517 g/mol. The number of carbonyl (C=O) groups excluding carboxylic acids is 4. The molecule has 0 bridgehead atoms. The molecule has 0 saturated carbocycles. The first-order valence-corrected chi connectivity index (χ1v) is 11.9. The minimum absolute atomic E-state index is 0.0763. The Kier molecular flexibility index (Phi) is 15.7. The highest BCUT2D eigenvalue weighted by Crippen LogP contribution is 2.11. The van der Waals surface area contributed by atoms with Crippen LogP contribution in [0, 0.1) is 5.92 Å². The van der Waals surface area contributed by atoms with Crippen LogP contribution in [-0.4, -0.2) is 76.5 Å². The Labute approximate surface area is 210 Å². The number of unbranched alkanes of at least 4 members (excludes halogenated alkanes) is 1. The maximum absolute atomic E-state index is 13.0. The lowest BCUT2D eigenvalue weighted by Crippen LogP contribution is -2.58. The molecule has 0 aliphatic carbocycles. The average Bonchev–Trinajstić information content (AvgIpc) is 2.81. The molecule has 36 heavy (non-hydrogen) atoms. The van der Waals surface area contributed by atoms with Gasteiger partial charge in [-0.2, -0.15) is 0 Å². The molecule has 0 aromatic rings. The molecule has 0 radical (unpaired) electrons. The van der Waals surface area contributed by atoms with Crippen LogP contribution in [0.3, 0.4) is 0 Å². The second-order valence-corrected chi connectivity index (χ2v) is 8.66. The summed E-state index contributed by atoms with van der Waals surface area (Å²) in [7, 11) is 0. The Bertz CT molecular complexity index is 778. The molecule has 14 nitrogen and oxygen atoms in total. The van der Waals surface area contributed by atoms with Gasteiger partial charge in [0.05, 0.1) is 6.04 Å². The van der Waals surface area contributed by atoms with E-state index in [2.05, 4.69) is 16.0 Å². The van der Waals surface area contributed by atoms with Gasteiger partial charge in [-0.05, 0) is 44.6 Å². The Morgan fingerprint density at radius 3 is 1.92 bits per heavy atom. The van der Waals surface area contributed by atoms with Crippen molar-refractivity contribution in [2.75, 3.05) is 6.54 Å². The molecular weight excluding hydrogens is 476 g/mol. The SMILES string of the molecule is CCC(C)C(NC(=O)C(CCC(=O)O)NC(=O)C(N)CCC(N)=O)C(=O)NC(CCCCN)C(=O)O. The highest BCUT2D eigenvalue weighted by atomic mass is 16.4. The molecule has 0 rings (SSSR count). The molecule has 0 spiro atoms. The summed E-state index contributed by atoms with van der Waals surface area (Å²) in [6.07, 6.45) is 0.677. The van der Waals surface area contributed by atoms with E-state index in [1.807, 2.05) is 0 Å². The zero-order valence-electron chi connectivity index (χ0n) is 20.8. The summed E-state index contributed by atoms with van der Waals surface area (Å²) in [5.74, 6) is -5.87. The van der Waals surface area contributed by atoms with E-state index in [1.54, 1.807) is 13.8 Å². The number of hydrogen-bond donors (Lipinski definition) is 8. The van der Waals surface area contributed by atoms with E-state index in [0.717, 1.165) is 0 Å². The largest absolute Gasteiger partial charge is 0.481 e. The third-order valence-electron chi connectivity index (χ3n) is 5.67. The quantitative estimate of drug-likeness (QED) is 0.0889. The molecule has 0 aromatic carbocycles. The normalized spacial score (nSPS) is 15.0. The summed E-state index contributed by atoms with van der Waals surface area (Å²) >= 11 is 0. The van der Waals surface area contributed by atoms with Gasteiger partial charge < -0.3 is 43.4 Å². The molecule has 4 amide bonds. The number of hydrogen-bond acceptors (Lipinski definition) is 8. The number of amides is 4. The van der Waals surface area contributed by atoms with Crippen molar-refractivity contribution in [2.24, 2.45) is 23.1 Å². The number of nitrogens with two attached hydrogens (primary N) is 3. The molecule has 5 unspecified atom stereocenters. The van der Waals surface area contributed by atoms with Crippen molar-refractivity contribution in [3.63, 3.8) is 0 Å². The number of carboxylic acids is 2. The molecule has 0 aliphatic rings. The van der Waals surface area contributed by atoms with Crippen LogP contribution in [0.15, 0.2) is 0 Å². The maximum atomic E-state index is 13.0. The molecule has 5 atom stereocenters. The third kappa shape index (κ3) is 13.0. The smallest absolute Gasteiger partial charge is 0.326 e. The standard InChI is InChI=1S/C22H40N6O8/c1-3-12(2)18(21(34)27-15(22(35)36)6-4-5-11-23)28-20(33)14(8-10-17(30)31)26-19(32)13(24)7-9-16(25)29/h12-15,18H,3-11,23-24H2,1-2H3,(H2,25,29)(H,26,32)(H,27,34)(H,28,33)(H,30,31)(H,35,36). The fraction of sp³-hybridized carbons (Fsp3) is 0.727. The molecule has 0 aromatic heterocycles. The van der Waals surface area contributed by atoms with E-state index >= 15 is 0 Å². The fourth-order valence-corrected chi connectivity index (χ4v) is 3.21. The summed E-state index contributed by atoms with van der Waals surface area (Å²) in [6, 6.07) is -4.84. The highest BCUT2D eigenvalue weighted by molar-refractivity contribution is 5.94. The topological polar surface area (TPSA) is 257 Å². The van der Waals surface area contributed by atoms with Crippen molar-refractivity contribution >= 4 is 35.6 Å². The van der Waals surface area contributed by atoms with Crippen molar-refractivity contribution in [1.29, 1.82) is 0 Å². The van der Waals surface area contributed by atoms with Gasteiger partial charge in [-0.1, -0.05) is 20.3 Å². The van der Waals surface area contributed by atoms with Crippen molar-refractivity contribution in [2.45, 2.75) is 89.4 Å². The van der Waals surface area contributed by atoms with Crippen LogP contribution in [0.25, 0.3) is 0 Å². The van der Waals surface area contributed by atoms with Gasteiger partial charge >= 0.3 is 11.9 Å². The summed E-state index contributed by atoms with van der Waals surface area (Å²) in [5.41, 5.74) is 16.2. The van der Waals surface area contributed by atoms with Crippen LogP contribution in [-0.2, 0) is 28.8 Å². The summed E-state index contributed by atoms with van der Waals surface area (Å²) in [5, 5.41) is 25.8.